The Morgan fingerprint density at radius 2 is 1.10 bits per heavy atom. The maximum absolute atomic E-state index is 14.5. The summed E-state index contributed by atoms with van der Waals surface area (Å²) in [6, 6.07) is -2.79. The van der Waals surface area contributed by atoms with Crippen LogP contribution in [0.25, 0.3) is 0 Å². The van der Waals surface area contributed by atoms with Crippen LogP contribution in [0, 0.1) is 51.8 Å². The van der Waals surface area contributed by atoms with E-state index in [0.29, 0.717) is 76.5 Å². The van der Waals surface area contributed by atoms with Crippen LogP contribution < -0.4 is 37.6 Å². The molecular formula is C65H104N10O13S2. The fraction of sp³-hybridized carbons (Fsp3) is 0.785. The summed E-state index contributed by atoms with van der Waals surface area (Å²) in [5.74, 6) is -2.65. The second-order valence-electron chi connectivity index (χ2n) is 29.1. The van der Waals surface area contributed by atoms with E-state index in [4.69, 9.17) is 15.6 Å². The molecule has 504 valence electrons. The number of Topliss-reactive ketones (excluding diaryl/α,β-unsaturated/α-hetero) is 2. The smallest absolute Gasteiger partial charge is 0.315 e. The first-order valence-corrected chi connectivity index (χ1v) is 35.6. The van der Waals surface area contributed by atoms with Crippen molar-refractivity contribution in [2.24, 2.45) is 57.5 Å². The lowest BCUT2D eigenvalue weighted by Crippen LogP contribution is -2.60. The number of nitrogens with zero attached hydrogens (tertiary/aromatic N) is 3. The summed E-state index contributed by atoms with van der Waals surface area (Å²) in [5, 5.41) is 25.8. The van der Waals surface area contributed by atoms with Crippen molar-refractivity contribution in [1.82, 2.24) is 46.0 Å². The van der Waals surface area contributed by atoms with Crippen molar-refractivity contribution in [2.75, 3.05) is 39.8 Å². The van der Waals surface area contributed by atoms with E-state index in [1.54, 1.807) is 27.3 Å². The van der Waals surface area contributed by atoms with Gasteiger partial charge in [0.05, 0.1) is 18.1 Å². The van der Waals surface area contributed by atoms with Gasteiger partial charge in [0.2, 0.25) is 35.2 Å². The lowest BCUT2D eigenvalue weighted by molar-refractivity contribution is -0.144. The molecule has 1 aromatic heterocycles. The van der Waals surface area contributed by atoms with Crippen LogP contribution in [-0.2, 0) is 53.2 Å². The van der Waals surface area contributed by atoms with Gasteiger partial charge < -0.3 is 52.5 Å². The predicted octanol–water partition coefficient (Wildman–Crippen LogP) is 5.64. The molecule has 0 radical (unpaired) electrons. The number of carbonyl (C=O) groups is 10. The molecule has 11 atom stereocenters. The van der Waals surface area contributed by atoms with Crippen LogP contribution in [0.4, 0.5) is 4.79 Å². The van der Waals surface area contributed by atoms with Crippen LogP contribution in [0.3, 0.4) is 0 Å². The summed E-state index contributed by atoms with van der Waals surface area (Å²) in [5.41, 5.74) is 5.52. The molecule has 4 aliphatic heterocycles. The van der Waals surface area contributed by atoms with E-state index in [9.17, 15) is 51.6 Å². The number of fused-ring (bicyclic) bond motifs is 6. The van der Waals surface area contributed by atoms with Crippen molar-refractivity contribution in [2.45, 2.75) is 236 Å². The number of hydrogen-bond acceptors (Lipinski definition) is 14. The van der Waals surface area contributed by atoms with Gasteiger partial charge in [-0.2, -0.15) is 4.31 Å². The van der Waals surface area contributed by atoms with E-state index in [1.165, 1.54) is 11.4 Å². The third kappa shape index (κ3) is 18.6. The zero-order valence-electron chi connectivity index (χ0n) is 54.5. The molecule has 23 nitrogen and oxygen atoms in total. The molecule has 9 N–H and O–H groups in total. The minimum Gasteiger partial charge on any atom is -0.483 e. The lowest BCUT2D eigenvalue weighted by Gasteiger charge is -2.36. The van der Waals surface area contributed by atoms with E-state index in [2.05, 4.69) is 59.6 Å². The first kappa shape index (κ1) is 71.9. The predicted molar refractivity (Wildman–Crippen MR) is 340 cm³/mol. The van der Waals surface area contributed by atoms with Gasteiger partial charge in [-0.15, -0.1) is 11.3 Å². The van der Waals surface area contributed by atoms with Gasteiger partial charge in [0.25, 0.3) is 28.3 Å². The van der Waals surface area contributed by atoms with Gasteiger partial charge in [0.15, 0.2) is 0 Å². The minimum absolute atomic E-state index is 0.0150. The lowest BCUT2D eigenvalue weighted by atomic mass is 9.86. The fourth-order valence-electron chi connectivity index (χ4n) is 14.1. The van der Waals surface area contributed by atoms with Gasteiger partial charge in [-0.25, -0.2) is 13.2 Å². The summed E-state index contributed by atoms with van der Waals surface area (Å²) >= 11 is 1.13. The zero-order chi connectivity index (χ0) is 65.9. The molecule has 0 unspecified atom stereocenters. The highest BCUT2D eigenvalue weighted by Gasteiger charge is 2.71. The maximum Gasteiger partial charge on any atom is 0.315 e. The van der Waals surface area contributed by atoms with Crippen LogP contribution in [0.5, 0.6) is 0 Å². The molecule has 8 aliphatic rings. The topological polar surface area (TPSA) is 333 Å². The first-order chi connectivity index (χ1) is 42.6. The third-order valence-corrected chi connectivity index (χ3v) is 23.8. The Bertz CT molecular complexity index is 2820. The van der Waals surface area contributed by atoms with E-state index in [-0.39, 0.29) is 69.4 Å². The van der Waals surface area contributed by atoms with Crippen LogP contribution in [0.2, 0.25) is 0 Å². The molecule has 90 heavy (non-hydrogen) atoms. The van der Waals surface area contributed by atoms with Crippen molar-refractivity contribution in [3.05, 3.63) is 17.5 Å². The number of sulfonamides is 1. The molecule has 0 spiro atoms. The normalized spacial score (nSPS) is 29.4. The van der Waals surface area contributed by atoms with E-state index in [0.717, 1.165) is 114 Å². The molecule has 4 saturated carbocycles. The summed E-state index contributed by atoms with van der Waals surface area (Å²) in [6.07, 6.45) is 19.0. The zero-order valence-corrected chi connectivity index (χ0v) is 56.1. The second kappa shape index (κ2) is 31.4. The number of carboxylic acid groups (broad SMARTS) is 1. The Morgan fingerprint density at radius 1 is 0.689 bits per heavy atom. The molecule has 5 heterocycles. The van der Waals surface area contributed by atoms with Gasteiger partial charge in [-0.1, -0.05) is 144 Å². The van der Waals surface area contributed by atoms with Crippen LogP contribution in [-0.4, -0.2) is 169 Å². The molecule has 0 bridgehead atoms. The number of likely N-dealkylation sites (N-methyl/N-ethyl adjacent to an activating group) is 1. The molecule has 4 aliphatic carbocycles. The number of amides is 8. The van der Waals surface area contributed by atoms with E-state index in [1.807, 2.05) is 20.8 Å². The Kier molecular flexibility index (Phi) is 25.1. The number of nitrogens with two attached hydrogens (primary N) is 1. The Labute approximate surface area is 536 Å². The minimum atomic E-state index is -3.76. The number of thiophene rings is 1. The number of piperidine rings is 2. The van der Waals surface area contributed by atoms with Crippen molar-refractivity contribution in [3.63, 3.8) is 0 Å². The highest BCUT2D eigenvalue weighted by molar-refractivity contribution is 7.91. The quantitative estimate of drug-likeness (QED) is 0.0826. The second-order valence-corrected chi connectivity index (χ2v) is 32.3. The molecule has 9 rings (SSSR count). The summed E-state index contributed by atoms with van der Waals surface area (Å²) in [6.45, 7) is 15.8. The average molecular weight is 1300 g/mol. The third-order valence-electron chi connectivity index (χ3n) is 20.6. The molecule has 8 fully saturated rings. The number of nitrogens with one attached hydrogen (secondary N) is 6. The number of ketones is 2. The molecule has 25 heteroatoms. The number of rotatable bonds is 14. The molecule has 4 saturated heterocycles. The van der Waals surface area contributed by atoms with Gasteiger partial charge in [0, 0.05) is 45.8 Å². The molecule has 0 aromatic carbocycles. The molecule has 8 amide bonds. The SMILES string of the molecule is CC1(C)[C@@H]2[C@H]3C(=O)N[C@H](C(=O)C(=O)NCC4CC4)CCCCCCCCC[C@H](N)C(=O)N3C[C@@H]21.CN(C[C@@H](NC(=O)N[C@H]1CCCCCCCCC[C@@H](C(=O)C(=O)NCC2CC2)NC(=O)[C@@H]2[C@@H]3[C@H](CN2C1=O)C3(C)C)C(C)(C)C)S(=O)(=O)c1cccs1.O=CO. The van der Waals surface area contributed by atoms with Crippen molar-refractivity contribution in [1.29, 1.82) is 0 Å². The Balaban J connectivity index is 0.000000267. The van der Waals surface area contributed by atoms with Crippen LogP contribution in [0.15, 0.2) is 21.7 Å². The summed E-state index contributed by atoms with van der Waals surface area (Å²) in [7, 11) is -2.27. The highest BCUT2D eigenvalue weighted by Crippen LogP contribution is 2.66. The fourth-order valence-corrected chi connectivity index (χ4v) is 16.5. The standard InChI is InChI=1S/C38H60N6O7S2.C26H42N4O4.CH2O2/c1-37(2,3)28(23-43(6)53(50,51)29-17-14-20-52-29)42-36(49)41-27-16-13-11-9-7-8-10-12-15-26(32(45)34(47)39-21-24-18-19-24)40-33(46)31-30-25(38(30,4)5)22-44(31)35(27)48;1-26(2)17-15-30-21(20(17)26)23(32)29-19(22(31)24(33)28-14-16-12-13-16)11-9-7-5-3-4-6-8-10-18(27)25(30)34;2-1-3/h14,17,20,24-28,30-31H,7-13,15-16,18-19,21-23H2,1-6H3,(H,39,47)(H,40,46)(H2,41,42,49);16-21H,3-15,27H2,1-2H3,(H,28,33)(H,29,32);1H,(H,2,3)/t25-,26-,27-,28+,30-,31-;17-,18-,19-,20-,21-;/m00./s1. The Hall–Kier alpha value is -5.53. The Morgan fingerprint density at radius 3 is 1.51 bits per heavy atom. The maximum atomic E-state index is 14.5. The highest BCUT2D eigenvalue weighted by atomic mass is 32.2. The molecule has 1 aromatic rings. The number of hydrogen-bond donors (Lipinski definition) is 8. The van der Waals surface area contributed by atoms with Crippen molar-refractivity contribution in [3.8, 4) is 0 Å². The number of urea groups is 1. The molecular weight excluding hydrogens is 1190 g/mol. The summed E-state index contributed by atoms with van der Waals surface area (Å²) in [4.78, 5) is 133. The van der Waals surface area contributed by atoms with E-state index >= 15 is 0 Å². The van der Waals surface area contributed by atoms with Gasteiger partial charge >= 0.3 is 6.03 Å². The van der Waals surface area contributed by atoms with E-state index < -0.39 is 93.1 Å². The largest absolute Gasteiger partial charge is 0.483 e. The van der Waals surface area contributed by atoms with Gasteiger partial charge in [-0.3, -0.25) is 43.2 Å². The van der Waals surface area contributed by atoms with Crippen molar-refractivity contribution >= 4 is 80.9 Å². The van der Waals surface area contributed by atoms with Gasteiger partial charge in [-0.05, 0) is 115 Å². The summed E-state index contributed by atoms with van der Waals surface area (Å²) < 4.78 is 27.9. The van der Waals surface area contributed by atoms with Crippen molar-refractivity contribution < 1.29 is 61.5 Å². The van der Waals surface area contributed by atoms with Crippen LogP contribution in [0.1, 0.15) is 190 Å². The monoisotopic (exact) mass is 1300 g/mol. The van der Waals surface area contributed by atoms with Crippen LogP contribution >= 0.6 is 11.3 Å². The number of carbonyl (C=O) groups excluding carboxylic acids is 9. The average Bonchev–Trinajstić information content (AvgIpc) is 1.54. The van der Waals surface area contributed by atoms with Gasteiger partial charge in [0.1, 0.15) is 22.3 Å². The first-order valence-electron chi connectivity index (χ1n) is 33.3.